The lowest BCUT2D eigenvalue weighted by molar-refractivity contribution is 0.117. The number of hydrogen-bond donors (Lipinski definition) is 0. The first kappa shape index (κ1) is 18.1. The van der Waals surface area contributed by atoms with Gasteiger partial charge >= 0.3 is 0 Å². The van der Waals surface area contributed by atoms with Crippen LogP contribution in [0.4, 0.5) is 0 Å². The molecule has 0 nitrogen and oxygen atoms in total. The van der Waals surface area contributed by atoms with E-state index in [9.17, 15) is 0 Å². The van der Waals surface area contributed by atoms with Crippen molar-refractivity contribution < 1.29 is 0 Å². The van der Waals surface area contributed by atoms with Crippen molar-refractivity contribution in [3.05, 3.63) is 0 Å². The fraction of sp³-hybridized carbons (Fsp3) is 1.00. The van der Waals surface area contributed by atoms with E-state index in [2.05, 4.69) is 20.8 Å². The van der Waals surface area contributed by atoms with Gasteiger partial charge in [0.2, 0.25) is 0 Å². The van der Waals surface area contributed by atoms with Gasteiger partial charge in [0.1, 0.15) is 0 Å². The van der Waals surface area contributed by atoms with Gasteiger partial charge in [-0.2, -0.15) is 0 Å². The predicted octanol–water partition coefficient (Wildman–Crippen LogP) is 7.51. The van der Waals surface area contributed by atoms with E-state index in [0.717, 1.165) is 11.3 Å². The Hall–Kier alpha value is 0. The highest BCUT2D eigenvalue weighted by Crippen LogP contribution is 2.46. The van der Waals surface area contributed by atoms with E-state index >= 15 is 0 Å². The molecule has 1 fully saturated rings. The Morgan fingerprint density at radius 1 is 0.750 bits per heavy atom. The van der Waals surface area contributed by atoms with Gasteiger partial charge in [-0.25, -0.2) is 0 Å². The molecule has 1 aliphatic rings. The summed E-state index contributed by atoms with van der Waals surface area (Å²) < 4.78 is 0. The number of rotatable bonds is 11. The fourth-order valence-corrected chi connectivity index (χ4v) is 4.46. The van der Waals surface area contributed by atoms with Gasteiger partial charge in [-0.3, -0.25) is 0 Å². The minimum atomic E-state index is 0.750. The molecule has 0 heteroatoms. The van der Waals surface area contributed by atoms with E-state index in [1.165, 1.54) is 77.0 Å². The second-order valence-corrected chi connectivity index (χ2v) is 7.52. The van der Waals surface area contributed by atoms with Gasteiger partial charge in [0, 0.05) is 0 Å². The van der Waals surface area contributed by atoms with Crippen LogP contribution >= 0.6 is 0 Å². The fourth-order valence-electron chi connectivity index (χ4n) is 4.46. The molecule has 1 aliphatic carbocycles. The summed E-state index contributed by atoms with van der Waals surface area (Å²) in [6, 6.07) is 0. The summed E-state index contributed by atoms with van der Waals surface area (Å²) in [6.07, 6.45) is 22.2. The molecule has 20 heavy (non-hydrogen) atoms. The molecule has 0 aromatic rings. The lowest BCUT2D eigenvalue weighted by Gasteiger charge is -2.40. The summed E-state index contributed by atoms with van der Waals surface area (Å²) in [5.41, 5.74) is 0.750. The van der Waals surface area contributed by atoms with Crippen molar-refractivity contribution in [1.82, 2.24) is 0 Å². The molecular weight excluding hydrogens is 240 g/mol. The van der Waals surface area contributed by atoms with Crippen molar-refractivity contribution in [3.63, 3.8) is 0 Å². The van der Waals surface area contributed by atoms with Crippen molar-refractivity contribution in [2.45, 2.75) is 117 Å². The van der Waals surface area contributed by atoms with Gasteiger partial charge < -0.3 is 0 Å². The molecule has 0 bridgehead atoms. The van der Waals surface area contributed by atoms with Crippen LogP contribution in [0.1, 0.15) is 117 Å². The van der Waals surface area contributed by atoms with E-state index in [0.29, 0.717) is 0 Å². The normalized spacial score (nSPS) is 19.9. The van der Waals surface area contributed by atoms with Gasteiger partial charge in [-0.05, 0) is 37.0 Å². The minimum absolute atomic E-state index is 0.750. The van der Waals surface area contributed by atoms with Crippen LogP contribution < -0.4 is 0 Å². The van der Waals surface area contributed by atoms with Crippen LogP contribution in [0.2, 0.25) is 0 Å². The summed E-state index contributed by atoms with van der Waals surface area (Å²) >= 11 is 0. The van der Waals surface area contributed by atoms with Crippen molar-refractivity contribution in [1.29, 1.82) is 0 Å². The second-order valence-electron chi connectivity index (χ2n) is 7.52. The third kappa shape index (κ3) is 6.64. The maximum absolute atomic E-state index is 2.38. The molecule has 1 unspecified atom stereocenters. The topological polar surface area (TPSA) is 0 Å². The second kappa shape index (κ2) is 10.7. The first-order valence-electron chi connectivity index (χ1n) is 9.76. The van der Waals surface area contributed by atoms with Gasteiger partial charge in [-0.1, -0.05) is 91.4 Å². The van der Waals surface area contributed by atoms with Crippen LogP contribution in [0.5, 0.6) is 0 Å². The van der Waals surface area contributed by atoms with Crippen LogP contribution in [-0.2, 0) is 0 Å². The Labute approximate surface area is 129 Å². The van der Waals surface area contributed by atoms with Crippen molar-refractivity contribution in [3.8, 4) is 0 Å². The van der Waals surface area contributed by atoms with Crippen LogP contribution in [0.15, 0.2) is 0 Å². The van der Waals surface area contributed by atoms with E-state index in [1.807, 2.05) is 0 Å². The monoisotopic (exact) mass is 280 g/mol. The number of unbranched alkanes of at least 4 members (excludes halogenated alkanes) is 3. The van der Waals surface area contributed by atoms with Crippen molar-refractivity contribution in [2.75, 3.05) is 0 Å². The molecule has 0 amide bonds. The molecule has 1 saturated carbocycles. The highest BCUT2D eigenvalue weighted by molar-refractivity contribution is 4.85. The van der Waals surface area contributed by atoms with E-state index in [-0.39, 0.29) is 0 Å². The van der Waals surface area contributed by atoms with Crippen LogP contribution in [0.25, 0.3) is 0 Å². The molecule has 1 rings (SSSR count). The average molecular weight is 281 g/mol. The van der Waals surface area contributed by atoms with Gasteiger partial charge in [0.05, 0.1) is 0 Å². The third-order valence-electron chi connectivity index (χ3n) is 5.61. The zero-order chi connectivity index (χ0) is 14.7. The number of hydrogen-bond acceptors (Lipinski definition) is 0. The smallest absolute Gasteiger partial charge is 0.0295 e. The quantitative estimate of drug-likeness (QED) is 0.343. The van der Waals surface area contributed by atoms with Gasteiger partial charge in [-0.15, -0.1) is 0 Å². The minimum Gasteiger partial charge on any atom is -0.0654 e. The van der Waals surface area contributed by atoms with E-state index in [1.54, 1.807) is 19.3 Å². The SMILES string of the molecule is CCCCCC(CCC)CC1(CCCC)CCCCC1. The molecule has 0 saturated heterocycles. The third-order valence-corrected chi connectivity index (χ3v) is 5.61. The predicted molar refractivity (Wildman–Crippen MR) is 92.2 cm³/mol. The molecular formula is C20H40. The maximum Gasteiger partial charge on any atom is -0.0295 e. The molecule has 0 spiro atoms. The molecule has 0 heterocycles. The highest BCUT2D eigenvalue weighted by atomic mass is 14.4. The van der Waals surface area contributed by atoms with Crippen LogP contribution in [0, 0.1) is 11.3 Å². The zero-order valence-corrected chi connectivity index (χ0v) is 14.7. The van der Waals surface area contributed by atoms with E-state index in [4.69, 9.17) is 0 Å². The molecule has 0 aromatic carbocycles. The Morgan fingerprint density at radius 2 is 1.45 bits per heavy atom. The van der Waals surface area contributed by atoms with Gasteiger partial charge in [0.15, 0.2) is 0 Å². The summed E-state index contributed by atoms with van der Waals surface area (Å²) in [6.45, 7) is 7.08. The summed E-state index contributed by atoms with van der Waals surface area (Å²) in [5.74, 6) is 1.03. The van der Waals surface area contributed by atoms with Crippen LogP contribution in [0.3, 0.4) is 0 Å². The van der Waals surface area contributed by atoms with Crippen molar-refractivity contribution in [2.24, 2.45) is 11.3 Å². The Kier molecular flexibility index (Phi) is 9.65. The Morgan fingerprint density at radius 3 is 2.05 bits per heavy atom. The van der Waals surface area contributed by atoms with Crippen LogP contribution in [-0.4, -0.2) is 0 Å². The highest BCUT2D eigenvalue weighted by Gasteiger charge is 2.33. The average Bonchev–Trinajstić information content (AvgIpc) is 2.47. The lowest BCUT2D eigenvalue weighted by Crippen LogP contribution is -2.27. The lowest BCUT2D eigenvalue weighted by atomic mass is 9.65. The first-order valence-corrected chi connectivity index (χ1v) is 9.76. The molecule has 1 atom stereocenters. The summed E-state index contributed by atoms with van der Waals surface area (Å²) in [5, 5.41) is 0. The summed E-state index contributed by atoms with van der Waals surface area (Å²) in [4.78, 5) is 0. The summed E-state index contributed by atoms with van der Waals surface area (Å²) in [7, 11) is 0. The molecule has 120 valence electrons. The van der Waals surface area contributed by atoms with E-state index < -0.39 is 0 Å². The Balaban J connectivity index is 2.53. The molecule has 0 aliphatic heterocycles. The largest absolute Gasteiger partial charge is 0.0654 e. The molecule has 0 radical (unpaired) electrons. The Bertz CT molecular complexity index is 212. The van der Waals surface area contributed by atoms with Gasteiger partial charge in [0.25, 0.3) is 0 Å². The first-order chi connectivity index (χ1) is 9.76. The molecule has 0 N–H and O–H groups in total. The standard InChI is InChI=1S/C20H40/c1-4-7-10-14-19(13-6-3)18-20(15-8-5-2)16-11-9-12-17-20/h19H,4-18H2,1-3H3. The maximum atomic E-state index is 2.38. The molecule has 0 aromatic heterocycles. The zero-order valence-electron chi connectivity index (χ0n) is 14.7. The van der Waals surface area contributed by atoms with Crippen molar-refractivity contribution >= 4 is 0 Å².